The zero-order chi connectivity index (χ0) is 21.3. The molecule has 1 aliphatic rings. The molecule has 0 aliphatic carbocycles. The SMILES string of the molecule is COc1ccccc1[C@@H]1CC(c2ccc(Br)cc2)=NN1S(=O)(=O)c1ccc(C)cc1. The van der Waals surface area contributed by atoms with Crippen LogP contribution in [0, 0.1) is 6.92 Å². The molecule has 0 fully saturated rings. The fraction of sp³-hybridized carbons (Fsp3) is 0.174. The van der Waals surface area contributed by atoms with E-state index in [1.807, 2.05) is 55.5 Å². The summed E-state index contributed by atoms with van der Waals surface area (Å²) in [5.41, 5.74) is 3.39. The number of benzene rings is 3. The second-order valence-electron chi connectivity index (χ2n) is 7.11. The topological polar surface area (TPSA) is 59.0 Å². The lowest BCUT2D eigenvalue weighted by Crippen LogP contribution is -2.27. The molecule has 0 saturated carbocycles. The van der Waals surface area contributed by atoms with Gasteiger partial charge in [-0.2, -0.15) is 17.9 Å². The van der Waals surface area contributed by atoms with Gasteiger partial charge in [-0.3, -0.25) is 0 Å². The van der Waals surface area contributed by atoms with Gasteiger partial charge in [0, 0.05) is 16.5 Å². The van der Waals surface area contributed by atoms with Gasteiger partial charge in [-0.1, -0.05) is 64.0 Å². The third-order valence-corrected chi connectivity index (χ3v) is 7.34. The number of methoxy groups -OCH3 is 1. The highest BCUT2D eigenvalue weighted by Crippen LogP contribution is 2.40. The van der Waals surface area contributed by atoms with Crippen LogP contribution in [0.2, 0.25) is 0 Å². The van der Waals surface area contributed by atoms with Gasteiger partial charge >= 0.3 is 0 Å². The molecule has 7 heteroatoms. The molecule has 0 saturated heterocycles. The molecule has 0 radical (unpaired) electrons. The van der Waals surface area contributed by atoms with Crippen molar-refractivity contribution < 1.29 is 13.2 Å². The van der Waals surface area contributed by atoms with Crippen molar-refractivity contribution in [1.82, 2.24) is 4.41 Å². The van der Waals surface area contributed by atoms with Crippen LogP contribution < -0.4 is 4.74 Å². The normalized spacial score (nSPS) is 16.4. The molecule has 1 atom stereocenters. The van der Waals surface area contributed by atoms with Crippen molar-refractivity contribution >= 4 is 31.7 Å². The van der Waals surface area contributed by atoms with Crippen molar-refractivity contribution in [3.05, 3.63) is 94.0 Å². The van der Waals surface area contributed by atoms with E-state index in [1.54, 1.807) is 31.4 Å². The molecule has 0 bridgehead atoms. The van der Waals surface area contributed by atoms with E-state index in [0.29, 0.717) is 17.9 Å². The molecule has 1 aliphatic heterocycles. The average Bonchev–Trinajstić information content (AvgIpc) is 3.21. The molecule has 0 N–H and O–H groups in total. The minimum Gasteiger partial charge on any atom is -0.496 e. The zero-order valence-electron chi connectivity index (χ0n) is 16.6. The molecule has 154 valence electrons. The van der Waals surface area contributed by atoms with E-state index < -0.39 is 16.1 Å². The lowest BCUT2D eigenvalue weighted by Gasteiger charge is -2.24. The van der Waals surface area contributed by atoms with Gasteiger partial charge in [0.1, 0.15) is 5.75 Å². The second-order valence-corrected chi connectivity index (χ2v) is 9.82. The summed E-state index contributed by atoms with van der Waals surface area (Å²) in [5.74, 6) is 0.638. The average molecular weight is 485 g/mol. The number of hydrazone groups is 1. The minimum atomic E-state index is -3.85. The number of ether oxygens (including phenoxy) is 1. The summed E-state index contributed by atoms with van der Waals surface area (Å²) in [4.78, 5) is 0.216. The maximum absolute atomic E-state index is 13.5. The standard InChI is InChI=1S/C23H21BrN2O3S/c1-16-7-13-19(14-8-16)30(27,28)26-22(20-5-3-4-6-23(20)29-2)15-21(25-26)17-9-11-18(24)12-10-17/h3-14,22H,15H2,1-2H3/t22-/m0/s1. The van der Waals surface area contributed by atoms with E-state index in [0.717, 1.165) is 21.2 Å². The first-order chi connectivity index (χ1) is 14.4. The third-order valence-electron chi connectivity index (χ3n) is 5.11. The fourth-order valence-electron chi connectivity index (χ4n) is 3.52. The molecule has 4 rings (SSSR count). The maximum Gasteiger partial charge on any atom is 0.279 e. The quantitative estimate of drug-likeness (QED) is 0.493. The minimum absolute atomic E-state index is 0.216. The number of para-hydroxylation sites is 1. The molecule has 3 aromatic rings. The number of nitrogens with zero attached hydrogens (tertiary/aromatic N) is 2. The van der Waals surface area contributed by atoms with Crippen LogP contribution in [0.15, 0.2) is 87.3 Å². The number of hydrogen-bond acceptors (Lipinski definition) is 4. The van der Waals surface area contributed by atoms with Crippen molar-refractivity contribution in [1.29, 1.82) is 0 Å². The number of hydrogen-bond donors (Lipinski definition) is 0. The molecule has 1 heterocycles. The van der Waals surface area contributed by atoms with Crippen LogP contribution in [0.25, 0.3) is 0 Å². The number of sulfonamides is 1. The van der Waals surface area contributed by atoms with Gasteiger partial charge in [-0.05, 0) is 42.8 Å². The molecule has 0 spiro atoms. The maximum atomic E-state index is 13.5. The van der Waals surface area contributed by atoms with Gasteiger partial charge in [0.15, 0.2) is 0 Å². The van der Waals surface area contributed by atoms with Crippen LogP contribution in [-0.2, 0) is 10.0 Å². The zero-order valence-corrected chi connectivity index (χ0v) is 19.0. The van der Waals surface area contributed by atoms with E-state index in [2.05, 4.69) is 21.0 Å². The molecular weight excluding hydrogens is 464 g/mol. The Morgan fingerprint density at radius 2 is 1.67 bits per heavy atom. The van der Waals surface area contributed by atoms with E-state index in [4.69, 9.17) is 4.74 Å². The fourth-order valence-corrected chi connectivity index (χ4v) is 5.21. The predicted octanol–water partition coefficient (Wildman–Crippen LogP) is 5.31. The Labute approximate surface area is 185 Å². The van der Waals surface area contributed by atoms with Crippen LogP contribution in [0.4, 0.5) is 0 Å². The first kappa shape index (κ1) is 20.6. The van der Waals surface area contributed by atoms with Crippen LogP contribution >= 0.6 is 15.9 Å². The highest BCUT2D eigenvalue weighted by molar-refractivity contribution is 9.10. The monoisotopic (exact) mass is 484 g/mol. The summed E-state index contributed by atoms with van der Waals surface area (Å²) < 4.78 is 34.8. The highest BCUT2D eigenvalue weighted by Gasteiger charge is 2.38. The third kappa shape index (κ3) is 3.87. The van der Waals surface area contributed by atoms with Gasteiger partial charge in [0.25, 0.3) is 10.0 Å². The summed E-state index contributed by atoms with van der Waals surface area (Å²) >= 11 is 3.44. The summed E-state index contributed by atoms with van der Waals surface area (Å²) in [6, 6.07) is 21.5. The van der Waals surface area contributed by atoms with Gasteiger partial charge < -0.3 is 4.74 Å². The summed E-state index contributed by atoms with van der Waals surface area (Å²) in [7, 11) is -2.26. The Bertz CT molecular complexity index is 1190. The predicted molar refractivity (Wildman–Crippen MR) is 121 cm³/mol. The van der Waals surface area contributed by atoms with E-state index in [1.165, 1.54) is 4.41 Å². The van der Waals surface area contributed by atoms with Gasteiger partial charge in [-0.25, -0.2) is 0 Å². The Balaban J connectivity index is 1.83. The van der Waals surface area contributed by atoms with Crippen molar-refractivity contribution in [2.75, 3.05) is 7.11 Å². The first-order valence-electron chi connectivity index (χ1n) is 9.47. The largest absolute Gasteiger partial charge is 0.496 e. The van der Waals surface area contributed by atoms with Crippen molar-refractivity contribution in [3.8, 4) is 5.75 Å². The first-order valence-corrected chi connectivity index (χ1v) is 11.7. The Hall–Kier alpha value is -2.64. The van der Waals surface area contributed by atoms with Crippen molar-refractivity contribution in [3.63, 3.8) is 0 Å². The lowest BCUT2D eigenvalue weighted by molar-refractivity contribution is 0.350. The molecule has 0 aromatic heterocycles. The Kier molecular flexibility index (Phi) is 5.66. The molecular formula is C23H21BrN2O3S. The number of aryl methyl sites for hydroxylation is 1. The van der Waals surface area contributed by atoms with E-state index in [9.17, 15) is 8.42 Å². The molecule has 30 heavy (non-hydrogen) atoms. The van der Waals surface area contributed by atoms with Gasteiger partial charge in [-0.15, -0.1) is 0 Å². The lowest BCUT2D eigenvalue weighted by atomic mass is 9.98. The van der Waals surface area contributed by atoms with Crippen LogP contribution in [-0.4, -0.2) is 25.7 Å². The smallest absolute Gasteiger partial charge is 0.279 e. The van der Waals surface area contributed by atoms with E-state index >= 15 is 0 Å². The van der Waals surface area contributed by atoms with Crippen molar-refractivity contribution in [2.24, 2.45) is 5.10 Å². The van der Waals surface area contributed by atoms with Gasteiger partial charge in [0.2, 0.25) is 0 Å². The Morgan fingerprint density at radius 1 is 1.00 bits per heavy atom. The highest BCUT2D eigenvalue weighted by atomic mass is 79.9. The second kappa shape index (κ2) is 8.24. The van der Waals surface area contributed by atoms with Crippen molar-refractivity contribution in [2.45, 2.75) is 24.3 Å². The summed E-state index contributed by atoms with van der Waals surface area (Å²) in [6.07, 6.45) is 0.451. The molecule has 0 amide bonds. The van der Waals surface area contributed by atoms with Crippen LogP contribution in [0.3, 0.4) is 0 Å². The molecule has 0 unspecified atom stereocenters. The number of halogens is 1. The van der Waals surface area contributed by atoms with Crippen LogP contribution in [0.5, 0.6) is 5.75 Å². The Morgan fingerprint density at radius 3 is 2.33 bits per heavy atom. The summed E-state index contributed by atoms with van der Waals surface area (Å²) in [6.45, 7) is 1.92. The summed E-state index contributed by atoms with van der Waals surface area (Å²) in [5, 5.41) is 4.58. The molecule has 3 aromatic carbocycles. The van der Waals surface area contributed by atoms with E-state index in [-0.39, 0.29) is 4.90 Å². The number of rotatable bonds is 5. The van der Waals surface area contributed by atoms with Gasteiger partial charge in [0.05, 0.1) is 23.8 Å². The van der Waals surface area contributed by atoms with Crippen LogP contribution in [0.1, 0.15) is 29.2 Å². The molecule has 5 nitrogen and oxygen atoms in total.